The molecule has 0 spiro atoms. The zero-order valence-corrected chi connectivity index (χ0v) is 11.7. The summed E-state index contributed by atoms with van der Waals surface area (Å²) >= 11 is 0. The van der Waals surface area contributed by atoms with Crippen molar-refractivity contribution < 1.29 is 19.4 Å². The molecule has 0 amide bonds. The number of rotatable bonds is 8. The first kappa shape index (κ1) is 15.1. The lowest BCUT2D eigenvalue weighted by atomic mass is 10.1. The highest BCUT2D eigenvalue weighted by atomic mass is 16.5. The minimum absolute atomic E-state index is 0.209. The van der Waals surface area contributed by atoms with Gasteiger partial charge in [-0.15, -0.1) is 0 Å². The molecule has 1 aromatic carbocycles. The van der Waals surface area contributed by atoms with Crippen molar-refractivity contribution in [1.82, 2.24) is 0 Å². The second-order valence-corrected chi connectivity index (χ2v) is 4.30. The van der Waals surface area contributed by atoms with E-state index in [4.69, 9.17) is 14.6 Å². The van der Waals surface area contributed by atoms with Crippen LogP contribution in [-0.2, 0) is 4.79 Å². The van der Waals surface area contributed by atoms with Gasteiger partial charge in [-0.2, -0.15) is 0 Å². The molecule has 5 nitrogen and oxygen atoms in total. The summed E-state index contributed by atoms with van der Waals surface area (Å²) in [4.78, 5) is 10.4. The van der Waals surface area contributed by atoms with E-state index in [1.165, 1.54) is 0 Å². The number of nitrogens with one attached hydrogen (secondary N) is 1. The van der Waals surface area contributed by atoms with Gasteiger partial charge >= 0.3 is 5.97 Å². The maximum atomic E-state index is 10.4. The SMILES string of the molecule is COc1cc(C)c(NCCCCC(=O)O)c(OC)c1. The number of aliphatic carboxylic acids is 1. The summed E-state index contributed by atoms with van der Waals surface area (Å²) in [5.41, 5.74) is 1.97. The van der Waals surface area contributed by atoms with Crippen molar-refractivity contribution in [2.45, 2.75) is 26.2 Å². The fraction of sp³-hybridized carbons (Fsp3) is 0.500. The molecule has 0 aromatic heterocycles. The Morgan fingerprint density at radius 2 is 2.00 bits per heavy atom. The number of carboxylic acids is 1. The zero-order valence-electron chi connectivity index (χ0n) is 11.7. The molecule has 0 heterocycles. The first-order chi connectivity index (χ1) is 9.08. The van der Waals surface area contributed by atoms with Crippen LogP contribution in [0, 0.1) is 6.92 Å². The number of benzene rings is 1. The highest BCUT2D eigenvalue weighted by Gasteiger charge is 2.08. The number of ether oxygens (including phenoxy) is 2. The Balaban J connectivity index is 2.59. The van der Waals surface area contributed by atoms with E-state index >= 15 is 0 Å². The Bertz CT molecular complexity index is 432. The van der Waals surface area contributed by atoms with E-state index in [2.05, 4.69) is 5.32 Å². The summed E-state index contributed by atoms with van der Waals surface area (Å²) in [6.45, 7) is 2.70. The van der Waals surface area contributed by atoms with Crippen LogP contribution in [0.25, 0.3) is 0 Å². The molecule has 0 saturated carbocycles. The summed E-state index contributed by atoms with van der Waals surface area (Å²) in [6, 6.07) is 3.76. The van der Waals surface area contributed by atoms with Gasteiger partial charge in [-0.3, -0.25) is 4.79 Å². The fourth-order valence-corrected chi connectivity index (χ4v) is 1.84. The van der Waals surface area contributed by atoms with Crippen LogP contribution < -0.4 is 14.8 Å². The monoisotopic (exact) mass is 267 g/mol. The number of methoxy groups -OCH3 is 2. The highest BCUT2D eigenvalue weighted by Crippen LogP contribution is 2.32. The quantitative estimate of drug-likeness (QED) is 0.709. The van der Waals surface area contributed by atoms with E-state index in [0.29, 0.717) is 6.42 Å². The van der Waals surface area contributed by atoms with Gasteiger partial charge in [-0.1, -0.05) is 0 Å². The third-order valence-corrected chi connectivity index (χ3v) is 2.85. The molecule has 0 radical (unpaired) electrons. The summed E-state index contributed by atoms with van der Waals surface area (Å²) in [5, 5.41) is 11.8. The van der Waals surface area contributed by atoms with Crippen LogP contribution in [0.2, 0.25) is 0 Å². The molecular weight excluding hydrogens is 246 g/mol. The minimum Gasteiger partial charge on any atom is -0.497 e. The highest BCUT2D eigenvalue weighted by molar-refractivity contribution is 5.66. The van der Waals surface area contributed by atoms with Crippen molar-refractivity contribution >= 4 is 11.7 Å². The van der Waals surface area contributed by atoms with Crippen molar-refractivity contribution in [2.75, 3.05) is 26.1 Å². The Kier molecular flexibility index (Phi) is 5.99. The Hall–Kier alpha value is -1.91. The molecule has 0 aliphatic heterocycles. The first-order valence-corrected chi connectivity index (χ1v) is 6.26. The van der Waals surface area contributed by atoms with E-state index in [9.17, 15) is 4.79 Å². The molecular formula is C14H21NO4. The van der Waals surface area contributed by atoms with E-state index in [-0.39, 0.29) is 6.42 Å². The van der Waals surface area contributed by atoms with Crippen molar-refractivity contribution in [3.8, 4) is 11.5 Å². The number of unbranched alkanes of at least 4 members (excludes halogenated alkanes) is 1. The van der Waals surface area contributed by atoms with Gasteiger partial charge in [-0.05, 0) is 31.4 Å². The van der Waals surface area contributed by atoms with Crippen LogP contribution in [0.5, 0.6) is 11.5 Å². The predicted octanol–water partition coefficient (Wildman–Crippen LogP) is 2.68. The van der Waals surface area contributed by atoms with Gasteiger partial charge in [0, 0.05) is 19.0 Å². The van der Waals surface area contributed by atoms with Crippen molar-refractivity contribution in [3.63, 3.8) is 0 Å². The predicted molar refractivity (Wildman–Crippen MR) is 74.3 cm³/mol. The second kappa shape index (κ2) is 7.51. The third kappa shape index (κ3) is 4.69. The van der Waals surface area contributed by atoms with Crippen LogP contribution in [-0.4, -0.2) is 31.8 Å². The van der Waals surface area contributed by atoms with Crippen molar-refractivity contribution in [2.24, 2.45) is 0 Å². The molecule has 2 N–H and O–H groups in total. The molecule has 5 heteroatoms. The Labute approximate surface area is 113 Å². The number of aryl methyl sites for hydroxylation is 1. The van der Waals surface area contributed by atoms with Crippen molar-refractivity contribution in [1.29, 1.82) is 0 Å². The van der Waals surface area contributed by atoms with Crippen molar-refractivity contribution in [3.05, 3.63) is 17.7 Å². The van der Waals surface area contributed by atoms with Gasteiger partial charge < -0.3 is 19.9 Å². The van der Waals surface area contributed by atoms with E-state index in [1.54, 1.807) is 14.2 Å². The van der Waals surface area contributed by atoms with Gasteiger partial charge in [0.1, 0.15) is 11.5 Å². The number of hydrogen-bond acceptors (Lipinski definition) is 4. The van der Waals surface area contributed by atoms with E-state index < -0.39 is 5.97 Å². The van der Waals surface area contributed by atoms with E-state index in [0.717, 1.165) is 35.7 Å². The molecule has 0 aliphatic carbocycles. The average Bonchev–Trinajstić information content (AvgIpc) is 2.38. The summed E-state index contributed by atoms with van der Waals surface area (Å²) in [6.07, 6.45) is 1.68. The van der Waals surface area contributed by atoms with Gasteiger partial charge in [0.25, 0.3) is 0 Å². The zero-order chi connectivity index (χ0) is 14.3. The molecule has 106 valence electrons. The lowest BCUT2D eigenvalue weighted by Gasteiger charge is -2.15. The Morgan fingerprint density at radius 3 is 2.58 bits per heavy atom. The molecule has 0 fully saturated rings. The van der Waals surface area contributed by atoms with Crippen LogP contribution in [0.4, 0.5) is 5.69 Å². The largest absolute Gasteiger partial charge is 0.497 e. The van der Waals surface area contributed by atoms with Crippen LogP contribution in [0.15, 0.2) is 12.1 Å². The summed E-state index contributed by atoms with van der Waals surface area (Å²) in [5.74, 6) is 0.735. The molecule has 0 unspecified atom stereocenters. The van der Waals surface area contributed by atoms with Crippen LogP contribution in [0.1, 0.15) is 24.8 Å². The normalized spacial score (nSPS) is 10.1. The standard InChI is InChI=1S/C14H21NO4/c1-10-8-11(18-2)9-12(19-3)14(10)15-7-5-4-6-13(16)17/h8-9,15H,4-7H2,1-3H3,(H,16,17). The summed E-state index contributed by atoms with van der Waals surface area (Å²) in [7, 11) is 3.23. The average molecular weight is 267 g/mol. The second-order valence-electron chi connectivity index (χ2n) is 4.30. The number of hydrogen-bond donors (Lipinski definition) is 2. The fourth-order valence-electron chi connectivity index (χ4n) is 1.84. The maximum Gasteiger partial charge on any atom is 0.303 e. The molecule has 0 bridgehead atoms. The molecule has 0 saturated heterocycles. The lowest BCUT2D eigenvalue weighted by Crippen LogP contribution is -2.06. The number of anilines is 1. The number of carboxylic acid groups (broad SMARTS) is 1. The Morgan fingerprint density at radius 1 is 1.26 bits per heavy atom. The summed E-state index contributed by atoms with van der Waals surface area (Å²) < 4.78 is 10.5. The van der Waals surface area contributed by atoms with Gasteiger partial charge in [0.05, 0.1) is 19.9 Å². The minimum atomic E-state index is -0.752. The molecule has 0 aliphatic rings. The molecule has 1 rings (SSSR count). The molecule has 0 atom stereocenters. The molecule has 19 heavy (non-hydrogen) atoms. The van der Waals surface area contributed by atoms with E-state index in [1.807, 2.05) is 19.1 Å². The number of carbonyl (C=O) groups is 1. The van der Waals surface area contributed by atoms with Gasteiger partial charge in [-0.25, -0.2) is 0 Å². The smallest absolute Gasteiger partial charge is 0.303 e. The van der Waals surface area contributed by atoms with Gasteiger partial charge in [0.15, 0.2) is 0 Å². The van der Waals surface area contributed by atoms with Gasteiger partial charge in [0.2, 0.25) is 0 Å². The first-order valence-electron chi connectivity index (χ1n) is 6.26. The molecule has 1 aromatic rings. The van der Waals surface area contributed by atoms with Crippen LogP contribution in [0.3, 0.4) is 0 Å². The maximum absolute atomic E-state index is 10.4. The van der Waals surface area contributed by atoms with Crippen LogP contribution >= 0.6 is 0 Å². The third-order valence-electron chi connectivity index (χ3n) is 2.85. The topological polar surface area (TPSA) is 67.8 Å². The lowest BCUT2D eigenvalue weighted by molar-refractivity contribution is -0.137.